The Morgan fingerprint density at radius 1 is 1.44 bits per heavy atom. The number of nitrogens with zero attached hydrogens (tertiary/aromatic N) is 2. The summed E-state index contributed by atoms with van der Waals surface area (Å²) in [5, 5.41) is 4.07. The van der Waals surface area contributed by atoms with E-state index in [9.17, 15) is 0 Å². The number of hydrogen-bond donors (Lipinski definition) is 1. The Kier molecular flexibility index (Phi) is 4.35. The third-order valence-corrected chi connectivity index (χ3v) is 3.66. The summed E-state index contributed by atoms with van der Waals surface area (Å²) in [7, 11) is 0. The van der Waals surface area contributed by atoms with Gasteiger partial charge in [0, 0.05) is 13.0 Å². The summed E-state index contributed by atoms with van der Waals surface area (Å²) in [6, 6.07) is 0. The average Bonchev–Trinajstić information content (AvgIpc) is 2.86. The Hall–Kier alpha value is -0.940. The van der Waals surface area contributed by atoms with Gasteiger partial charge in [-0.1, -0.05) is 12.1 Å². The smallest absolute Gasteiger partial charge is 0.226 e. The van der Waals surface area contributed by atoms with Crippen molar-refractivity contribution in [2.45, 2.75) is 51.6 Å². The molecule has 1 fully saturated rings. The minimum atomic E-state index is -0.362. The molecular weight excluding hydrogens is 230 g/mol. The highest BCUT2D eigenvalue weighted by atomic mass is 16.5. The molecule has 1 saturated heterocycles. The normalized spacial score (nSPS) is 26.2. The summed E-state index contributed by atoms with van der Waals surface area (Å²) >= 11 is 0. The first kappa shape index (κ1) is 13.5. The predicted molar refractivity (Wildman–Crippen MR) is 68.0 cm³/mol. The van der Waals surface area contributed by atoms with Gasteiger partial charge in [-0.25, -0.2) is 0 Å². The van der Waals surface area contributed by atoms with Crippen LogP contribution in [0.1, 0.15) is 51.2 Å². The van der Waals surface area contributed by atoms with Gasteiger partial charge in [-0.15, -0.1) is 0 Å². The topological polar surface area (TPSA) is 74.2 Å². The molecule has 0 bridgehead atoms. The lowest BCUT2D eigenvalue weighted by molar-refractivity contribution is -0.0770. The van der Waals surface area contributed by atoms with Crippen molar-refractivity contribution in [1.82, 2.24) is 10.1 Å². The Bertz CT molecular complexity index is 372. The first-order valence-corrected chi connectivity index (χ1v) is 6.81. The quantitative estimate of drug-likeness (QED) is 0.869. The minimum Gasteiger partial charge on any atom is -0.367 e. The Labute approximate surface area is 108 Å². The van der Waals surface area contributed by atoms with E-state index in [2.05, 4.69) is 17.1 Å². The molecule has 0 aromatic carbocycles. The van der Waals surface area contributed by atoms with Gasteiger partial charge in [0.05, 0.1) is 0 Å². The van der Waals surface area contributed by atoms with E-state index in [4.69, 9.17) is 15.0 Å². The number of nitrogens with two attached hydrogens (primary N) is 1. The number of aromatic nitrogens is 2. The van der Waals surface area contributed by atoms with Crippen LogP contribution in [-0.4, -0.2) is 23.3 Å². The number of hydrogen-bond acceptors (Lipinski definition) is 5. The highest BCUT2D eigenvalue weighted by molar-refractivity contribution is 5.00. The summed E-state index contributed by atoms with van der Waals surface area (Å²) in [6.07, 6.45) is 5.02. The van der Waals surface area contributed by atoms with Gasteiger partial charge in [0.2, 0.25) is 11.7 Å². The molecule has 2 heterocycles. The first-order valence-electron chi connectivity index (χ1n) is 6.81. The largest absolute Gasteiger partial charge is 0.367 e. The summed E-state index contributed by atoms with van der Waals surface area (Å²) < 4.78 is 11.1. The molecule has 1 aromatic heterocycles. The summed E-state index contributed by atoms with van der Waals surface area (Å²) in [5.74, 6) is 1.88. The van der Waals surface area contributed by atoms with E-state index < -0.39 is 0 Å². The summed E-state index contributed by atoms with van der Waals surface area (Å²) in [4.78, 5) is 4.47. The number of rotatable bonds is 5. The van der Waals surface area contributed by atoms with Crippen LogP contribution in [0, 0.1) is 5.92 Å². The van der Waals surface area contributed by atoms with Crippen molar-refractivity contribution in [2.24, 2.45) is 11.7 Å². The van der Waals surface area contributed by atoms with Crippen LogP contribution >= 0.6 is 0 Å². The van der Waals surface area contributed by atoms with Crippen molar-refractivity contribution in [3.63, 3.8) is 0 Å². The zero-order valence-electron chi connectivity index (χ0n) is 11.3. The molecule has 0 amide bonds. The van der Waals surface area contributed by atoms with Gasteiger partial charge in [-0.3, -0.25) is 0 Å². The van der Waals surface area contributed by atoms with Crippen LogP contribution in [0.5, 0.6) is 0 Å². The molecule has 1 aliphatic heterocycles. The third-order valence-electron chi connectivity index (χ3n) is 3.66. The molecular formula is C13H23N3O2. The molecule has 5 nitrogen and oxygen atoms in total. The van der Waals surface area contributed by atoms with Crippen LogP contribution in [-0.2, 0) is 16.8 Å². The zero-order valence-corrected chi connectivity index (χ0v) is 11.3. The Morgan fingerprint density at radius 3 is 2.94 bits per heavy atom. The Morgan fingerprint density at radius 2 is 2.28 bits per heavy atom. The fourth-order valence-corrected chi connectivity index (χ4v) is 2.17. The lowest BCUT2D eigenvalue weighted by Crippen LogP contribution is -2.31. The fraction of sp³-hybridized carbons (Fsp3) is 0.846. The van der Waals surface area contributed by atoms with Gasteiger partial charge < -0.3 is 15.0 Å². The van der Waals surface area contributed by atoms with Gasteiger partial charge >= 0.3 is 0 Å². The van der Waals surface area contributed by atoms with Gasteiger partial charge in [-0.05, 0) is 45.1 Å². The SMILES string of the molecule is CC(CN)CCc1nc(C2(C)CCCCO2)no1. The molecule has 2 rings (SSSR count). The first-order chi connectivity index (χ1) is 8.64. The molecule has 0 saturated carbocycles. The monoisotopic (exact) mass is 253 g/mol. The van der Waals surface area contributed by atoms with E-state index >= 15 is 0 Å². The van der Waals surface area contributed by atoms with E-state index in [1.807, 2.05) is 6.92 Å². The maximum Gasteiger partial charge on any atom is 0.226 e. The van der Waals surface area contributed by atoms with E-state index in [1.54, 1.807) is 0 Å². The standard InChI is InChI=1S/C13H23N3O2/c1-10(9-14)5-6-11-15-12(16-18-11)13(2)7-3-4-8-17-13/h10H,3-9,14H2,1-2H3. The van der Waals surface area contributed by atoms with Crippen molar-refractivity contribution in [1.29, 1.82) is 0 Å². The van der Waals surface area contributed by atoms with Crippen molar-refractivity contribution in [2.75, 3.05) is 13.2 Å². The average molecular weight is 253 g/mol. The lowest BCUT2D eigenvalue weighted by atomic mass is 9.95. The molecule has 1 aromatic rings. The van der Waals surface area contributed by atoms with Gasteiger partial charge in [0.15, 0.2) is 0 Å². The molecule has 0 aliphatic carbocycles. The van der Waals surface area contributed by atoms with Gasteiger partial charge in [-0.2, -0.15) is 4.98 Å². The van der Waals surface area contributed by atoms with Crippen molar-refractivity contribution >= 4 is 0 Å². The van der Waals surface area contributed by atoms with Crippen molar-refractivity contribution in [3.05, 3.63) is 11.7 Å². The fourth-order valence-electron chi connectivity index (χ4n) is 2.17. The van der Waals surface area contributed by atoms with Crippen LogP contribution in [0.4, 0.5) is 0 Å². The third kappa shape index (κ3) is 3.09. The Balaban J connectivity index is 1.96. The van der Waals surface area contributed by atoms with Crippen LogP contribution < -0.4 is 5.73 Å². The highest BCUT2D eigenvalue weighted by Gasteiger charge is 2.34. The van der Waals surface area contributed by atoms with Crippen LogP contribution in [0.15, 0.2) is 4.52 Å². The number of ether oxygens (including phenoxy) is 1. The molecule has 18 heavy (non-hydrogen) atoms. The molecule has 2 atom stereocenters. The maximum absolute atomic E-state index is 5.81. The van der Waals surface area contributed by atoms with Crippen LogP contribution in [0.3, 0.4) is 0 Å². The molecule has 1 aliphatic rings. The van der Waals surface area contributed by atoms with Crippen LogP contribution in [0.2, 0.25) is 0 Å². The van der Waals surface area contributed by atoms with Crippen LogP contribution in [0.25, 0.3) is 0 Å². The summed E-state index contributed by atoms with van der Waals surface area (Å²) in [6.45, 7) is 5.65. The van der Waals surface area contributed by atoms with Gasteiger partial charge in [0.25, 0.3) is 0 Å². The molecule has 0 spiro atoms. The highest BCUT2D eigenvalue weighted by Crippen LogP contribution is 2.32. The zero-order chi connectivity index (χ0) is 13.0. The van der Waals surface area contributed by atoms with Gasteiger partial charge in [0.1, 0.15) is 5.60 Å². The minimum absolute atomic E-state index is 0.362. The van der Waals surface area contributed by atoms with E-state index in [0.717, 1.165) is 38.7 Å². The molecule has 102 valence electrons. The van der Waals surface area contributed by atoms with Crippen molar-refractivity contribution < 1.29 is 9.26 Å². The van der Waals surface area contributed by atoms with E-state index in [0.29, 0.717) is 24.2 Å². The van der Waals surface area contributed by atoms with E-state index in [-0.39, 0.29) is 5.60 Å². The molecule has 0 radical (unpaired) electrons. The molecule has 2 N–H and O–H groups in total. The van der Waals surface area contributed by atoms with E-state index in [1.165, 1.54) is 0 Å². The number of aryl methyl sites for hydroxylation is 1. The maximum atomic E-state index is 5.81. The second-order valence-electron chi connectivity index (χ2n) is 5.43. The predicted octanol–water partition coefficient (Wildman–Crippen LogP) is 2.01. The second-order valence-corrected chi connectivity index (χ2v) is 5.43. The lowest BCUT2D eigenvalue weighted by Gasteiger charge is -2.30. The van der Waals surface area contributed by atoms with Crippen molar-refractivity contribution in [3.8, 4) is 0 Å². The summed E-state index contributed by atoms with van der Waals surface area (Å²) in [5.41, 5.74) is 5.23. The molecule has 2 unspecified atom stereocenters. The second kappa shape index (κ2) is 5.80. The molecule has 5 heteroatoms.